The Kier molecular flexibility index (Phi) is 2.88. The average Bonchev–Trinajstić information content (AvgIpc) is 2.99. The van der Waals surface area contributed by atoms with Gasteiger partial charge in [-0.1, -0.05) is 12.1 Å². The van der Waals surface area contributed by atoms with Crippen molar-refractivity contribution in [3.8, 4) is 0 Å². The summed E-state index contributed by atoms with van der Waals surface area (Å²) in [6, 6.07) is 0.282. The smallest absolute Gasteiger partial charge is 0.240 e. The molecule has 0 spiro atoms. The van der Waals surface area contributed by atoms with E-state index < -0.39 is 0 Å². The zero-order valence-corrected chi connectivity index (χ0v) is 10.3. The van der Waals surface area contributed by atoms with Gasteiger partial charge in [0.05, 0.1) is 6.54 Å². The Hall–Kier alpha value is -0.940. The second-order valence-electron chi connectivity index (χ2n) is 5.62. The number of rotatable bonds is 3. The van der Waals surface area contributed by atoms with Gasteiger partial charge in [-0.15, -0.1) is 0 Å². The molecule has 94 valence electrons. The molecule has 2 atom stereocenters. The summed E-state index contributed by atoms with van der Waals surface area (Å²) in [5.74, 6) is 2.86. The molecule has 1 aliphatic carbocycles. The van der Waals surface area contributed by atoms with Gasteiger partial charge in [-0.3, -0.25) is 4.90 Å². The highest BCUT2D eigenvalue weighted by atomic mass is 16.5. The third-order valence-corrected chi connectivity index (χ3v) is 3.55. The van der Waals surface area contributed by atoms with Crippen LogP contribution in [0.15, 0.2) is 4.52 Å². The van der Waals surface area contributed by atoms with Crippen molar-refractivity contribution >= 4 is 0 Å². The molecule has 1 aromatic rings. The summed E-state index contributed by atoms with van der Waals surface area (Å²) in [6.45, 7) is 5.01. The van der Waals surface area contributed by atoms with Crippen molar-refractivity contribution < 1.29 is 4.52 Å². The lowest BCUT2D eigenvalue weighted by atomic mass is 9.97. The molecule has 3 rings (SSSR count). The van der Waals surface area contributed by atoms with Crippen molar-refractivity contribution in [3.63, 3.8) is 0 Å². The molecule has 2 heterocycles. The highest BCUT2D eigenvalue weighted by Crippen LogP contribution is 2.38. The maximum Gasteiger partial charge on any atom is 0.240 e. The summed E-state index contributed by atoms with van der Waals surface area (Å²) in [6.07, 6.45) is 3.54. The number of aromatic nitrogens is 2. The summed E-state index contributed by atoms with van der Waals surface area (Å²) in [7, 11) is 0. The monoisotopic (exact) mass is 236 g/mol. The Labute approximate surface area is 101 Å². The largest absolute Gasteiger partial charge is 0.338 e. The maximum atomic E-state index is 6.02. The molecule has 2 N–H and O–H groups in total. The van der Waals surface area contributed by atoms with Gasteiger partial charge in [-0.2, -0.15) is 4.98 Å². The third kappa shape index (κ3) is 2.66. The lowest BCUT2D eigenvalue weighted by Gasteiger charge is -2.33. The highest BCUT2D eigenvalue weighted by Gasteiger charge is 2.29. The molecule has 5 heteroatoms. The third-order valence-electron chi connectivity index (χ3n) is 3.55. The molecule has 1 saturated carbocycles. The van der Waals surface area contributed by atoms with E-state index in [1.54, 1.807) is 0 Å². The quantitative estimate of drug-likeness (QED) is 0.851. The predicted octanol–water partition coefficient (Wildman–Crippen LogP) is 1.12. The van der Waals surface area contributed by atoms with E-state index in [0.717, 1.165) is 37.8 Å². The van der Waals surface area contributed by atoms with E-state index in [1.807, 2.05) is 0 Å². The van der Waals surface area contributed by atoms with Gasteiger partial charge >= 0.3 is 0 Å². The lowest BCUT2D eigenvalue weighted by molar-refractivity contribution is 0.142. The van der Waals surface area contributed by atoms with E-state index in [9.17, 15) is 0 Å². The summed E-state index contributed by atoms with van der Waals surface area (Å²) >= 11 is 0. The molecular formula is C12H20N4O. The Morgan fingerprint density at radius 2 is 2.24 bits per heavy atom. The van der Waals surface area contributed by atoms with Crippen molar-refractivity contribution in [2.24, 2.45) is 11.7 Å². The van der Waals surface area contributed by atoms with Gasteiger partial charge in [0.15, 0.2) is 5.82 Å². The van der Waals surface area contributed by atoms with Crippen molar-refractivity contribution in [1.29, 1.82) is 0 Å². The molecule has 1 saturated heterocycles. The summed E-state index contributed by atoms with van der Waals surface area (Å²) < 4.78 is 5.30. The SMILES string of the molecule is CC1CC(N)CN(Cc2nc(C3CC3)no2)C1. The van der Waals surface area contributed by atoms with Crippen LogP contribution >= 0.6 is 0 Å². The minimum atomic E-state index is 0.282. The Morgan fingerprint density at radius 1 is 1.41 bits per heavy atom. The number of nitrogens with two attached hydrogens (primary N) is 1. The van der Waals surface area contributed by atoms with Crippen LogP contribution < -0.4 is 5.73 Å². The molecule has 0 aromatic carbocycles. The molecule has 0 amide bonds. The lowest BCUT2D eigenvalue weighted by Crippen LogP contribution is -2.45. The van der Waals surface area contributed by atoms with E-state index in [4.69, 9.17) is 10.3 Å². The van der Waals surface area contributed by atoms with Crippen LogP contribution in [0.2, 0.25) is 0 Å². The first kappa shape index (κ1) is 11.2. The molecule has 2 aliphatic rings. The first-order chi connectivity index (χ1) is 8.20. The number of nitrogens with zero attached hydrogens (tertiary/aromatic N) is 3. The van der Waals surface area contributed by atoms with Gasteiger partial charge in [0.2, 0.25) is 5.89 Å². The fraction of sp³-hybridized carbons (Fsp3) is 0.833. The first-order valence-corrected chi connectivity index (χ1v) is 6.51. The van der Waals surface area contributed by atoms with Crippen LogP contribution in [-0.2, 0) is 6.54 Å². The topological polar surface area (TPSA) is 68.2 Å². The number of piperidine rings is 1. The number of hydrogen-bond donors (Lipinski definition) is 1. The van der Waals surface area contributed by atoms with Crippen LogP contribution in [0.5, 0.6) is 0 Å². The van der Waals surface area contributed by atoms with Crippen molar-refractivity contribution in [2.45, 2.75) is 44.7 Å². The van der Waals surface area contributed by atoms with E-state index in [1.165, 1.54) is 12.8 Å². The number of likely N-dealkylation sites (tertiary alicyclic amines) is 1. The Bertz CT molecular complexity index is 378. The second-order valence-corrected chi connectivity index (χ2v) is 5.62. The van der Waals surface area contributed by atoms with Crippen LogP contribution in [0.4, 0.5) is 0 Å². The predicted molar refractivity (Wildman–Crippen MR) is 63.3 cm³/mol. The normalized spacial score (nSPS) is 30.7. The number of hydrogen-bond acceptors (Lipinski definition) is 5. The fourth-order valence-corrected chi connectivity index (χ4v) is 2.67. The van der Waals surface area contributed by atoms with Crippen LogP contribution in [0.3, 0.4) is 0 Å². The van der Waals surface area contributed by atoms with Gasteiger partial charge in [0, 0.05) is 25.0 Å². The highest BCUT2D eigenvalue weighted by molar-refractivity contribution is 5.03. The molecule has 2 unspecified atom stereocenters. The Morgan fingerprint density at radius 3 is 2.94 bits per heavy atom. The van der Waals surface area contributed by atoms with Gasteiger partial charge in [0.25, 0.3) is 0 Å². The van der Waals surface area contributed by atoms with Gasteiger partial charge in [-0.05, 0) is 25.2 Å². The van der Waals surface area contributed by atoms with E-state index >= 15 is 0 Å². The fourth-order valence-electron chi connectivity index (χ4n) is 2.67. The maximum absolute atomic E-state index is 6.02. The van der Waals surface area contributed by atoms with Crippen LogP contribution in [0, 0.1) is 5.92 Å². The van der Waals surface area contributed by atoms with Gasteiger partial charge in [0.1, 0.15) is 0 Å². The van der Waals surface area contributed by atoms with Crippen LogP contribution in [0.25, 0.3) is 0 Å². The zero-order valence-electron chi connectivity index (χ0n) is 10.3. The van der Waals surface area contributed by atoms with E-state index in [0.29, 0.717) is 11.8 Å². The molecule has 5 nitrogen and oxygen atoms in total. The second kappa shape index (κ2) is 4.38. The molecule has 2 fully saturated rings. The van der Waals surface area contributed by atoms with Crippen molar-refractivity contribution in [3.05, 3.63) is 11.7 Å². The molecule has 1 aromatic heterocycles. The first-order valence-electron chi connectivity index (χ1n) is 6.51. The van der Waals surface area contributed by atoms with Crippen LogP contribution in [-0.4, -0.2) is 34.2 Å². The summed E-state index contributed by atoms with van der Waals surface area (Å²) in [5, 5.41) is 4.04. The molecule has 17 heavy (non-hydrogen) atoms. The minimum absolute atomic E-state index is 0.282. The standard InChI is InChI=1S/C12H20N4O/c1-8-4-10(13)6-16(5-8)7-11-14-12(15-17-11)9-2-3-9/h8-10H,2-7,13H2,1H3. The zero-order chi connectivity index (χ0) is 11.8. The molecule has 1 aliphatic heterocycles. The minimum Gasteiger partial charge on any atom is -0.338 e. The Balaban J connectivity index is 1.60. The van der Waals surface area contributed by atoms with Crippen LogP contribution in [0.1, 0.15) is 43.8 Å². The van der Waals surface area contributed by atoms with Gasteiger partial charge < -0.3 is 10.3 Å². The molecule has 0 radical (unpaired) electrons. The summed E-state index contributed by atoms with van der Waals surface area (Å²) in [4.78, 5) is 6.78. The van der Waals surface area contributed by atoms with E-state index in [2.05, 4.69) is 22.0 Å². The molecule has 0 bridgehead atoms. The average molecular weight is 236 g/mol. The summed E-state index contributed by atoms with van der Waals surface area (Å²) in [5.41, 5.74) is 6.02. The van der Waals surface area contributed by atoms with E-state index in [-0.39, 0.29) is 6.04 Å². The molecular weight excluding hydrogens is 216 g/mol. The van der Waals surface area contributed by atoms with Crippen molar-refractivity contribution in [2.75, 3.05) is 13.1 Å². The van der Waals surface area contributed by atoms with Gasteiger partial charge in [-0.25, -0.2) is 0 Å². The van der Waals surface area contributed by atoms with Crippen molar-refractivity contribution in [1.82, 2.24) is 15.0 Å².